The molecule has 100 valence electrons. The van der Waals surface area contributed by atoms with E-state index in [1.807, 2.05) is 24.3 Å². The maximum atomic E-state index is 12.1. The maximum Gasteiger partial charge on any atom is 0.252 e. The highest BCUT2D eigenvalue weighted by atomic mass is 35.5. The lowest BCUT2D eigenvalue weighted by molar-refractivity contribution is 0.0954. The van der Waals surface area contributed by atoms with Crippen molar-refractivity contribution < 1.29 is 4.79 Å². The molecule has 0 unspecified atom stereocenters. The van der Waals surface area contributed by atoms with Crippen LogP contribution in [0.3, 0.4) is 0 Å². The van der Waals surface area contributed by atoms with E-state index < -0.39 is 0 Å². The van der Waals surface area contributed by atoms with Gasteiger partial charge in [-0.2, -0.15) is 0 Å². The second-order valence-corrected chi connectivity index (χ2v) is 4.65. The van der Waals surface area contributed by atoms with Crippen molar-refractivity contribution >= 4 is 28.4 Å². The number of halogens is 1. The van der Waals surface area contributed by atoms with E-state index in [4.69, 9.17) is 17.3 Å². The van der Waals surface area contributed by atoms with Gasteiger partial charge in [0.25, 0.3) is 5.91 Å². The van der Waals surface area contributed by atoms with Gasteiger partial charge in [0.1, 0.15) is 5.15 Å². The molecule has 1 aromatic heterocycles. The number of benzene rings is 1. The first kappa shape index (κ1) is 13.8. The van der Waals surface area contributed by atoms with Crippen LogP contribution in [0.5, 0.6) is 0 Å². The molecule has 0 bridgehead atoms. The first-order valence-electron chi connectivity index (χ1n) is 6.26. The summed E-state index contributed by atoms with van der Waals surface area (Å²) in [6, 6.07) is 9.06. The molecule has 5 heteroatoms. The van der Waals surface area contributed by atoms with Gasteiger partial charge in [0, 0.05) is 11.9 Å². The molecule has 1 heterocycles. The number of para-hydroxylation sites is 1. The highest BCUT2D eigenvalue weighted by molar-refractivity contribution is 6.30. The van der Waals surface area contributed by atoms with Crippen LogP contribution in [0.1, 0.15) is 23.2 Å². The summed E-state index contributed by atoms with van der Waals surface area (Å²) in [5, 5.41) is 4.01. The standard InChI is InChI=1S/C14H16ClN3O/c15-13-9-11(14(19)17-8-4-3-7-16)10-5-1-2-6-12(10)18-13/h1-2,5-6,9H,3-4,7-8,16H2,(H,17,19). The third-order valence-corrected chi connectivity index (χ3v) is 3.04. The number of nitrogens with two attached hydrogens (primary N) is 1. The molecular formula is C14H16ClN3O. The van der Waals surface area contributed by atoms with E-state index in [1.165, 1.54) is 0 Å². The largest absolute Gasteiger partial charge is 0.352 e. The van der Waals surface area contributed by atoms with Crippen LogP contribution in [0.15, 0.2) is 30.3 Å². The Hall–Kier alpha value is -1.65. The zero-order valence-corrected chi connectivity index (χ0v) is 11.3. The predicted molar refractivity (Wildman–Crippen MR) is 77.4 cm³/mol. The number of unbranched alkanes of at least 4 members (excludes halogenated alkanes) is 1. The predicted octanol–water partition coefficient (Wildman–Crippen LogP) is 2.36. The van der Waals surface area contributed by atoms with Gasteiger partial charge < -0.3 is 11.1 Å². The Morgan fingerprint density at radius 3 is 2.89 bits per heavy atom. The fourth-order valence-corrected chi connectivity index (χ4v) is 2.10. The van der Waals surface area contributed by atoms with Crippen LogP contribution >= 0.6 is 11.6 Å². The van der Waals surface area contributed by atoms with Crippen molar-refractivity contribution in [3.05, 3.63) is 41.0 Å². The van der Waals surface area contributed by atoms with E-state index >= 15 is 0 Å². The lowest BCUT2D eigenvalue weighted by atomic mass is 10.1. The maximum absolute atomic E-state index is 12.1. The second-order valence-electron chi connectivity index (χ2n) is 4.26. The number of nitrogens with zero attached hydrogens (tertiary/aromatic N) is 1. The minimum Gasteiger partial charge on any atom is -0.352 e. The lowest BCUT2D eigenvalue weighted by Gasteiger charge is -2.08. The molecule has 0 saturated carbocycles. The van der Waals surface area contributed by atoms with Crippen molar-refractivity contribution in [2.24, 2.45) is 5.73 Å². The molecule has 0 spiro atoms. The molecule has 19 heavy (non-hydrogen) atoms. The van der Waals surface area contributed by atoms with Gasteiger partial charge in [0.15, 0.2) is 0 Å². The average Bonchev–Trinajstić information content (AvgIpc) is 2.42. The number of pyridine rings is 1. The molecule has 0 fully saturated rings. The van der Waals surface area contributed by atoms with E-state index in [2.05, 4.69) is 10.3 Å². The molecule has 0 atom stereocenters. The topological polar surface area (TPSA) is 68.0 Å². The van der Waals surface area contributed by atoms with Crippen LogP contribution in [-0.2, 0) is 0 Å². The Morgan fingerprint density at radius 1 is 1.32 bits per heavy atom. The molecule has 1 aromatic carbocycles. The summed E-state index contributed by atoms with van der Waals surface area (Å²) in [5.74, 6) is -0.127. The summed E-state index contributed by atoms with van der Waals surface area (Å²) in [6.07, 6.45) is 1.77. The minimum atomic E-state index is -0.127. The number of carbonyl (C=O) groups is 1. The van der Waals surface area contributed by atoms with E-state index in [1.54, 1.807) is 6.07 Å². The minimum absolute atomic E-state index is 0.127. The van der Waals surface area contributed by atoms with Crippen LogP contribution in [0.25, 0.3) is 10.9 Å². The van der Waals surface area contributed by atoms with Gasteiger partial charge in [-0.15, -0.1) is 0 Å². The number of hydrogen-bond donors (Lipinski definition) is 2. The number of amides is 1. The van der Waals surface area contributed by atoms with Crippen molar-refractivity contribution in [2.45, 2.75) is 12.8 Å². The molecule has 3 N–H and O–H groups in total. The monoisotopic (exact) mass is 277 g/mol. The molecule has 1 amide bonds. The number of rotatable bonds is 5. The Morgan fingerprint density at radius 2 is 2.11 bits per heavy atom. The molecule has 2 aromatic rings. The number of carbonyl (C=O) groups excluding carboxylic acids is 1. The lowest BCUT2D eigenvalue weighted by Crippen LogP contribution is -2.25. The summed E-state index contributed by atoms with van der Waals surface area (Å²) in [6.45, 7) is 1.25. The zero-order chi connectivity index (χ0) is 13.7. The molecule has 0 radical (unpaired) electrons. The smallest absolute Gasteiger partial charge is 0.252 e. The summed E-state index contributed by atoms with van der Waals surface area (Å²) < 4.78 is 0. The number of hydrogen-bond acceptors (Lipinski definition) is 3. The van der Waals surface area contributed by atoms with Crippen LogP contribution in [0.4, 0.5) is 0 Å². The second kappa shape index (κ2) is 6.50. The van der Waals surface area contributed by atoms with E-state index in [9.17, 15) is 4.79 Å². The van der Waals surface area contributed by atoms with Gasteiger partial charge in [-0.25, -0.2) is 4.98 Å². The van der Waals surface area contributed by atoms with Crippen LogP contribution < -0.4 is 11.1 Å². The van der Waals surface area contributed by atoms with Gasteiger partial charge in [-0.3, -0.25) is 4.79 Å². The Kier molecular flexibility index (Phi) is 4.71. The van der Waals surface area contributed by atoms with Gasteiger partial charge >= 0.3 is 0 Å². The first-order valence-corrected chi connectivity index (χ1v) is 6.63. The van der Waals surface area contributed by atoms with Gasteiger partial charge in [0.05, 0.1) is 11.1 Å². The van der Waals surface area contributed by atoms with Crippen LogP contribution in [0, 0.1) is 0 Å². The Bertz CT molecular complexity index is 586. The van der Waals surface area contributed by atoms with Gasteiger partial charge in [-0.05, 0) is 31.5 Å². The van der Waals surface area contributed by atoms with E-state index in [-0.39, 0.29) is 5.91 Å². The fourth-order valence-electron chi connectivity index (χ4n) is 1.90. The summed E-state index contributed by atoms with van der Waals surface area (Å²) in [5.41, 5.74) is 6.70. The molecule has 0 saturated heterocycles. The summed E-state index contributed by atoms with van der Waals surface area (Å²) in [7, 11) is 0. The molecule has 0 aliphatic rings. The molecule has 2 rings (SSSR count). The number of nitrogens with one attached hydrogen (secondary N) is 1. The zero-order valence-electron chi connectivity index (χ0n) is 10.5. The summed E-state index contributed by atoms with van der Waals surface area (Å²) >= 11 is 5.94. The molecule has 4 nitrogen and oxygen atoms in total. The van der Waals surface area contributed by atoms with Crippen molar-refractivity contribution in [2.75, 3.05) is 13.1 Å². The Balaban J connectivity index is 2.21. The molecule has 0 aliphatic heterocycles. The van der Waals surface area contributed by atoms with Crippen molar-refractivity contribution in [3.8, 4) is 0 Å². The third kappa shape index (κ3) is 3.43. The fraction of sp³-hybridized carbons (Fsp3) is 0.286. The Labute approximate surface area is 117 Å². The van der Waals surface area contributed by atoms with Crippen molar-refractivity contribution in [3.63, 3.8) is 0 Å². The third-order valence-electron chi connectivity index (χ3n) is 2.85. The average molecular weight is 278 g/mol. The van der Waals surface area contributed by atoms with Crippen LogP contribution in [-0.4, -0.2) is 24.0 Å². The SMILES string of the molecule is NCCCCNC(=O)c1cc(Cl)nc2ccccc12. The van der Waals surface area contributed by atoms with E-state index in [0.717, 1.165) is 23.7 Å². The molecule has 0 aliphatic carbocycles. The highest BCUT2D eigenvalue weighted by Gasteiger charge is 2.11. The normalized spacial score (nSPS) is 10.6. The summed E-state index contributed by atoms with van der Waals surface area (Å²) in [4.78, 5) is 16.3. The quantitative estimate of drug-likeness (QED) is 0.651. The highest BCUT2D eigenvalue weighted by Crippen LogP contribution is 2.20. The number of aromatic nitrogens is 1. The molecular weight excluding hydrogens is 262 g/mol. The van der Waals surface area contributed by atoms with Gasteiger partial charge in [0.2, 0.25) is 0 Å². The number of fused-ring (bicyclic) bond motifs is 1. The van der Waals surface area contributed by atoms with Crippen molar-refractivity contribution in [1.82, 2.24) is 10.3 Å². The van der Waals surface area contributed by atoms with Crippen LogP contribution in [0.2, 0.25) is 5.15 Å². The van der Waals surface area contributed by atoms with E-state index in [0.29, 0.717) is 23.8 Å². The van der Waals surface area contributed by atoms with Crippen molar-refractivity contribution in [1.29, 1.82) is 0 Å². The van der Waals surface area contributed by atoms with Gasteiger partial charge in [-0.1, -0.05) is 29.8 Å². The first-order chi connectivity index (χ1) is 9.22.